The lowest BCUT2D eigenvalue weighted by Gasteiger charge is -2.24. The molecular weight excluding hydrogens is 246 g/mol. The number of rotatable bonds is 5. The Hall–Kier alpha value is -2.35. The SMILES string of the molecule is COC(=O)CC(C#N)(CC(=O)OC)c1ccccc1. The number of ether oxygens (including phenoxy) is 2. The van der Waals surface area contributed by atoms with Gasteiger partial charge >= 0.3 is 11.9 Å². The van der Waals surface area contributed by atoms with Gasteiger partial charge in [-0.25, -0.2) is 0 Å². The molecule has 0 N–H and O–H groups in total. The Bertz CT molecular complexity index is 472. The molecule has 100 valence electrons. The molecular formula is C14H15NO4. The predicted molar refractivity (Wildman–Crippen MR) is 67.0 cm³/mol. The Morgan fingerprint density at radius 3 is 1.95 bits per heavy atom. The van der Waals surface area contributed by atoms with E-state index < -0.39 is 17.4 Å². The van der Waals surface area contributed by atoms with Gasteiger partial charge in [-0.2, -0.15) is 5.26 Å². The zero-order valence-electron chi connectivity index (χ0n) is 10.9. The number of nitriles is 1. The van der Waals surface area contributed by atoms with Crippen LogP contribution in [0.15, 0.2) is 30.3 Å². The van der Waals surface area contributed by atoms with Crippen LogP contribution in [0.2, 0.25) is 0 Å². The smallest absolute Gasteiger partial charge is 0.307 e. The number of esters is 2. The first-order valence-electron chi connectivity index (χ1n) is 5.68. The summed E-state index contributed by atoms with van der Waals surface area (Å²) in [5.41, 5.74) is -0.671. The molecule has 0 radical (unpaired) electrons. The first kappa shape index (κ1) is 14.7. The third-order valence-electron chi connectivity index (χ3n) is 2.89. The quantitative estimate of drug-likeness (QED) is 0.752. The molecule has 0 saturated heterocycles. The number of hydrogen-bond donors (Lipinski definition) is 0. The minimum absolute atomic E-state index is 0.195. The molecule has 0 aromatic heterocycles. The van der Waals surface area contributed by atoms with Gasteiger partial charge in [0.05, 0.1) is 33.1 Å². The lowest BCUT2D eigenvalue weighted by Crippen LogP contribution is -2.31. The van der Waals surface area contributed by atoms with Crippen molar-refractivity contribution >= 4 is 11.9 Å². The molecule has 0 saturated carbocycles. The summed E-state index contributed by atoms with van der Waals surface area (Å²) in [6.45, 7) is 0. The summed E-state index contributed by atoms with van der Waals surface area (Å²) in [6, 6.07) is 10.8. The highest BCUT2D eigenvalue weighted by molar-refractivity contribution is 5.77. The van der Waals surface area contributed by atoms with Crippen LogP contribution >= 0.6 is 0 Å². The molecule has 0 aliphatic rings. The maximum atomic E-state index is 11.5. The van der Waals surface area contributed by atoms with Gasteiger partial charge in [0.2, 0.25) is 0 Å². The lowest BCUT2D eigenvalue weighted by molar-refractivity contribution is -0.144. The van der Waals surface area contributed by atoms with E-state index in [1.54, 1.807) is 30.3 Å². The van der Waals surface area contributed by atoms with E-state index in [1.807, 2.05) is 0 Å². The lowest BCUT2D eigenvalue weighted by atomic mass is 9.76. The van der Waals surface area contributed by atoms with Crippen molar-refractivity contribution in [2.45, 2.75) is 18.3 Å². The van der Waals surface area contributed by atoms with E-state index in [-0.39, 0.29) is 12.8 Å². The van der Waals surface area contributed by atoms with E-state index in [1.165, 1.54) is 14.2 Å². The second-order valence-electron chi connectivity index (χ2n) is 4.07. The van der Waals surface area contributed by atoms with Crippen molar-refractivity contribution < 1.29 is 19.1 Å². The number of carbonyl (C=O) groups is 2. The number of benzene rings is 1. The molecule has 0 atom stereocenters. The molecule has 0 amide bonds. The Morgan fingerprint density at radius 2 is 1.58 bits per heavy atom. The molecule has 0 fully saturated rings. The minimum atomic E-state index is -1.26. The van der Waals surface area contributed by atoms with Crippen LogP contribution < -0.4 is 0 Å². The van der Waals surface area contributed by atoms with E-state index in [9.17, 15) is 14.9 Å². The van der Waals surface area contributed by atoms with E-state index in [2.05, 4.69) is 15.5 Å². The third kappa shape index (κ3) is 3.55. The Balaban J connectivity index is 3.18. The molecule has 0 aliphatic carbocycles. The van der Waals surface area contributed by atoms with Crippen molar-refractivity contribution in [3.05, 3.63) is 35.9 Å². The van der Waals surface area contributed by atoms with Crippen LogP contribution in [0.1, 0.15) is 18.4 Å². The average molecular weight is 261 g/mol. The molecule has 0 aliphatic heterocycles. The van der Waals surface area contributed by atoms with Gasteiger partial charge in [-0.15, -0.1) is 0 Å². The van der Waals surface area contributed by atoms with Crippen LogP contribution in [0.3, 0.4) is 0 Å². The summed E-state index contributed by atoms with van der Waals surface area (Å²) >= 11 is 0. The fourth-order valence-electron chi connectivity index (χ4n) is 1.80. The molecule has 0 bridgehead atoms. The van der Waals surface area contributed by atoms with E-state index in [4.69, 9.17) is 0 Å². The summed E-state index contributed by atoms with van der Waals surface area (Å²) in [5, 5.41) is 9.45. The van der Waals surface area contributed by atoms with Crippen LogP contribution in [0.4, 0.5) is 0 Å². The number of carbonyl (C=O) groups excluding carboxylic acids is 2. The highest BCUT2D eigenvalue weighted by Crippen LogP contribution is 2.32. The molecule has 0 spiro atoms. The topological polar surface area (TPSA) is 76.4 Å². The van der Waals surface area contributed by atoms with Gasteiger partial charge in [0.25, 0.3) is 0 Å². The zero-order valence-corrected chi connectivity index (χ0v) is 10.9. The maximum absolute atomic E-state index is 11.5. The molecule has 19 heavy (non-hydrogen) atoms. The van der Waals surface area contributed by atoms with Gasteiger partial charge in [-0.3, -0.25) is 9.59 Å². The van der Waals surface area contributed by atoms with Crippen molar-refractivity contribution in [2.75, 3.05) is 14.2 Å². The Kier molecular flexibility index (Phi) is 5.07. The van der Waals surface area contributed by atoms with E-state index >= 15 is 0 Å². The Labute approximate surface area is 111 Å². The monoisotopic (exact) mass is 261 g/mol. The van der Waals surface area contributed by atoms with Crippen molar-refractivity contribution in [1.29, 1.82) is 5.26 Å². The summed E-state index contributed by atoms with van der Waals surface area (Å²) in [4.78, 5) is 23.0. The summed E-state index contributed by atoms with van der Waals surface area (Å²) in [5.74, 6) is -1.09. The Morgan fingerprint density at radius 1 is 1.11 bits per heavy atom. The van der Waals surface area contributed by atoms with Gasteiger partial charge in [-0.1, -0.05) is 30.3 Å². The van der Waals surface area contributed by atoms with Gasteiger partial charge in [0.15, 0.2) is 0 Å². The first-order valence-corrected chi connectivity index (χ1v) is 5.68. The minimum Gasteiger partial charge on any atom is -0.469 e. The standard InChI is InChI=1S/C14H15NO4/c1-18-12(16)8-14(10-15,9-13(17)19-2)11-6-4-3-5-7-11/h3-7H,8-9H2,1-2H3. The normalized spacial score (nSPS) is 10.4. The molecule has 1 aromatic rings. The van der Waals surface area contributed by atoms with E-state index in [0.29, 0.717) is 5.56 Å². The predicted octanol–water partition coefficient (Wildman–Crippen LogP) is 1.57. The van der Waals surface area contributed by atoms with Crippen molar-refractivity contribution in [3.8, 4) is 6.07 Å². The summed E-state index contributed by atoms with van der Waals surface area (Å²) in [6.07, 6.45) is -0.391. The molecule has 1 rings (SSSR count). The van der Waals surface area contributed by atoms with Crippen LogP contribution in [0, 0.1) is 11.3 Å². The molecule has 5 nitrogen and oxygen atoms in total. The third-order valence-corrected chi connectivity index (χ3v) is 2.89. The fraction of sp³-hybridized carbons (Fsp3) is 0.357. The van der Waals surface area contributed by atoms with Crippen LogP contribution in [0.25, 0.3) is 0 Å². The van der Waals surface area contributed by atoms with Crippen molar-refractivity contribution in [1.82, 2.24) is 0 Å². The van der Waals surface area contributed by atoms with Gasteiger partial charge in [-0.05, 0) is 5.56 Å². The van der Waals surface area contributed by atoms with Crippen LogP contribution in [-0.2, 0) is 24.5 Å². The molecule has 0 unspecified atom stereocenters. The second-order valence-corrected chi connectivity index (χ2v) is 4.07. The second kappa shape index (κ2) is 6.55. The largest absolute Gasteiger partial charge is 0.469 e. The van der Waals surface area contributed by atoms with Gasteiger partial charge in [0.1, 0.15) is 5.41 Å². The number of methoxy groups -OCH3 is 2. The molecule has 1 aromatic carbocycles. The highest BCUT2D eigenvalue weighted by atomic mass is 16.5. The van der Waals surface area contributed by atoms with Crippen molar-refractivity contribution in [3.63, 3.8) is 0 Å². The first-order chi connectivity index (χ1) is 9.07. The number of hydrogen-bond acceptors (Lipinski definition) is 5. The highest BCUT2D eigenvalue weighted by Gasteiger charge is 2.38. The number of nitrogens with zero attached hydrogens (tertiary/aromatic N) is 1. The molecule has 5 heteroatoms. The van der Waals surface area contributed by atoms with Crippen LogP contribution in [-0.4, -0.2) is 26.2 Å². The maximum Gasteiger partial charge on any atom is 0.307 e. The molecule has 0 heterocycles. The average Bonchev–Trinajstić information content (AvgIpc) is 2.46. The summed E-state index contributed by atoms with van der Waals surface area (Å²) < 4.78 is 9.20. The van der Waals surface area contributed by atoms with E-state index in [0.717, 1.165) is 0 Å². The fourth-order valence-corrected chi connectivity index (χ4v) is 1.80. The van der Waals surface area contributed by atoms with Crippen molar-refractivity contribution in [2.24, 2.45) is 0 Å². The van der Waals surface area contributed by atoms with Gasteiger partial charge in [0, 0.05) is 0 Å². The van der Waals surface area contributed by atoms with Crippen LogP contribution in [0.5, 0.6) is 0 Å². The van der Waals surface area contributed by atoms with Gasteiger partial charge < -0.3 is 9.47 Å². The summed E-state index contributed by atoms with van der Waals surface area (Å²) in [7, 11) is 2.49. The zero-order chi connectivity index (χ0) is 14.3.